The van der Waals surface area contributed by atoms with E-state index in [2.05, 4.69) is 26.5 Å². The summed E-state index contributed by atoms with van der Waals surface area (Å²) in [7, 11) is 1.48. The Labute approximate surface area is 208 Å². The van der Waals surface area contributed by atoms with Crippen molar-refractivity contribution in [1.29, 1.82) is 0 Å². The molecule has 2 fully saturated rings. The maximum atomic E-state index is 14.4. The number of aromatic nitrogens is 3. The van der Waals surface area contributed by atoms with Crippen molar-refractivity contribution in [2.75, 3.05) is 19.4 Å². The molecule has 3 aromatic heterocycles. The van der Waals surface area contributed by atoms with Gasteiger partial charge in [0.15, 0.2) is 0 Å². The van der Waals surface area contributed by atoms with Gasteiger partial charge in [-0.25, -0.2) is 14.4 Å². The van der Waals surface area contributed by atoms with Gasteiger partial charge in [0.25, 0.3) is 0 Å². The number of nitrogen functional groups attached to an aromatic ring is 1. The number of carbonyl (C=O) groups is 1. The highest BCUT2D eigenvalue weighted by Gasteiger charge is 2.61. The van der Waals surface area contributed by atoms with Crippen LogP contribution in [-0.4, -0.2) is 44.8 Å². The van der Waals surface area contributed by atoms with Crippen LogP contribution in [0.3, 0.4) is 0 Å². The minimum Gasteiger partial charge on any atom is -0.481 e. The average Bonchev–Trinajstić information content (AvgIpc) is 3.17. The van der Waals surface area contributed by atoms with E-state index in [0.717, 1.165) is 59.3 Å². The van der Waals surface area contributed by atoms with E-state index in [1.165, 1.54) is 24.7 Å². The molecule has 35 heavy (non-hydrogen) atoms. The summed E-state index contributed by atoms with van der Waals surface area (Å²) in [5.41, 5.74) is 10.8. The molecule has 4 heterocycles. The lowest BCUT2D eigenvalue weighted by Gasteiger charge is -2.23. The van der Waals surface area contributed by atoms with Crippen LogP contribution in [0.5, 0.6) is 5.88 Å². The molecule has 2 N–H and O–H groups in total. The number of methoxy groups -OCH3 is 1. The number of carbonyl (C=O) groups excluding carboxylic acids is 1. The van der Waals surface area contributed by atoms with Gasteiger partial charge in [0.2, 0.25) is 11.8 Å². The summed E-state index contributed by atoms with van der Waals surface area (Å²) < 4.78 is 23.9. The van der Waals surface area contributed by atoms with Crippen LogP contribution in [0.4, 0.5) is 10.2 Å². The third-order valence-electron chi connectivity index (χ3n) is 7.67. The van der Waals surface area contributed by atoms with Crippen LogP contribution >= 0.6 is 11.5 Å². The number of pyridine rings is 2. The Morgan fingerprint density at radius 3 is 2.86 bits per heavy atom. The molecule has 1 aliphatic carbocycles. The quantitative estimate of drug-likeness (QED) is 0.512. The topological polar surface area (TPSA) is 94.2 Å². The number of amides is 1. The van der Waals surface area contributed by atoms with Gasteiger partial charge < -0.3 is 15.4 Å². The molecule has 9 heteroatoms. The van der Waals surface area contributed by atoms with Crippen LogP contribution in [0, 0.1) is 25.1 Å². The SMILES string of the molecule is COc1cc([C@@H](C)C(=O)N2CC[C@]3(CCc4cc(-c5cc(C)ns5)c(C)nc4N)CC23)c(F)cn1. The number of rotatable bonds is 7. The lowest BCUT2D eigenvalue weighted by Crippen LogP contribution is -2.34. The average molecular weight is 496 g/mol. The van der Waals surface area contributed by atoms with E-state index in [-0.39, 0.29) is 17.4 Å². The zero-order chi connectivity index (χ0) is 24.9. The molecule has 7 nitrogen and oxygen atoms in total. The van der Waals surface area contributed by atoms with Crippen molar-refractivity contribution in [3.05, 3.63) is 52.7 Å². The molecular formula is C26H30FN5O2S. The molecule has 184 valence electrons. The standard InChI is InChI=1S/C26H30FN5O2S/c1-14-9-21(35-31-14)19-10-17(24(28)30-16(19)3)5-6-26-7-8-32(22(26)12-26)25(33)15(2)18-11-23(34-4)29-13-20(18)27/h9-11,13,15,22H,5-8,12H2,1-4H3,(H2,28,30)/t15-,22?,26-/m1/s1. The van der Waals surface area contributed by atoms with Crippen LogP contribution in [0.2, 0.25) is 0 Å². The van der Waals surface area contributed by atoms with Crippen molar-refractivity contribution in [1.82, 2.24) is 19.2 Å². The van der Waals surface area contributed by atoms with Gasteiger partial charge in [0.1, 0.15) is 11.6 Å². The Bertz CT molecular complexity index is 1290. The number of aryl methyl sites for hydroxylation is 3. The molecule has 1 unspecified atom stereocenters. The molecular weight excluding hydrogens is 465 g/mol. The first-order chi connectivity index (χ1) is 16.7. The minimum atomic E-state index is -0.592. The van der Waals surface area contributed by atoms with Gasteiger partial charge in [0.05, 0.1) is 29.8 Å². The molecule has 1 saturated heterocycles. The Hall–Kier alpha value is -3.07. The summed E-state index contributed by atoms with van der Waals surface area (Å²) in [6, 6.07) is 5.95. The molecule has 0 bridgehead atoms. The first-order valence-corrected chi connectivity index (χ1v) is 12.7. The highest BCUT2D eigenvalue weighted by Crippen LogP contribution is 2.60. The minimum absolute atomic E-state index is 0.0408. The third kappa shape index (κ3) is 4.26. The van der Waals surface area contributed by atoms with Gasteiger partial charge in [-0.05, 0) is 81.1 Å². The van der Waals surface area contributed by atoms with E-state index < -0.39 is 11.7 Å². The van der Waals surface area contributed by atoms with E-state index in [4.69, 9.17) is 10.5 Å². The third-order valence-corrected chi connectivity index (χ3v) is 8.59. The molecule has 0 aromatic carbocycles. The molecule has 2 aliphatic rings. The largest absolute Gasteiger partial charge is 0.481 e. The number of nitrogens with two attached hydrogens (primary N) is 1. The monoisotopic (exact) mass is 495 g/mol. The first kappa shape index (κ1) is 23.7. The summed E-state index contributed by atoms with van der Waals surface area (Å²) in [4.78, 5) is 24.8. The number of likely N-dealkylation sites (tertiary alicyclic amines) is 1. The van der Waals surface area contributed by atoms with E-state index in [1.807, 2.05) is 18.7 Å². The molecule has 0 spiro atoms. The van der Waals surface area contributed by atoms with E-state index >= 15 is 0 Å². The number of hydrogen-bond donors (Lipinski definition) is 1. The number of fused-ring (bicyclic) bond motifs is 1. The summed E-state index contributed by atoms with van der Waals surface area (Å²) >= 11 is 1.48. The molecule has 1 saturated carbocycles. The first-order valence-electron chi connectivity index (χ1n) is 11.9. The predicted octanol–water partition coefficient (Wildman–Crippen LogP) is 4.67. The fraction of sp³-hybridized carbons (Fsp3) is 0.462. The molecule has 3 aromatic rings. The summed E-state index contributed by atoms with van der Waals surface area (Å²) in [6.45, 7) is 6.42. The van der Waals surface area contributed by atoms with Gasteiger partial charge in [-0.3, -0.25) is 4.79 Å². The van der Waals surface area contributed by atoms with Gasteiger partial charge in [0, 0.05) is 35.5 Å². The summed E-state index contributed by atoms with van der Waals surface area (Å²) in [5.74, 6) is -0.239. The highest BCUT2D eigenvalue weighted by molar-refractivity contribution is 7.09. The zero-order valence-electron chi connectivity index (χ0n) is 20.5. The molecule has 3 atom stereocenters. The van der Waals surface area contributed by atoms with Gasteiger partial charge in [-0.2, -0.15) is 4.37 Å². The summed E-state index contributed by atoms with van der Waals surface area (Å²) in [5, 5.41) is 0. The zero-order valence-corrected chi connectivity index (χ0v) is 21.3. The summed E-state index contributed by atoms with van der Waals surface area (Å²) in [6.07, 6.45) is 4.81. The van der Waals surface area contributed by atoms with Crippen molar-refractivity contribution in [3.8, 4) is 16.3 Å². The predicted molar refractivity (Wildman–Crippen MR) is 134 cm³/mol. The van der Waals surface area contributed by atoms with E-state index in [9.17, 15) is 9.18 Å². The highest BCUT2D eigenvalue weighted by atomic mass is 32.1. The fourth-order valence-corrected chi connectivity index (χ4v) is 6.26. The Balaban J connectivity index is 1.28. The maximum absolute atomic E-state index is 14.4. The number of nitrogens with zero attached hydrogens (tertiary/aromatic N) is 4. The second-order valence-electron chi connectivity index (χ2n) is 9.83. The van der Waals surface area contributed by atoms with Gasteiger partial charge in [-0.1, -0.05) is 0 Å². The maximum Gasteiger partial charge on any atom is 0.230 e. The van der Waals surface area contributed by atoms with Crippen molar-refractivity contribution in [2.45, 2.75) is 58.4 Å². The second kappa shape index (κ2) is 8.86. The molecule has 1 amide bonds. The van der Waals surface area contributed by atoms with E-state index in [1.54, 1.807) is 6.92 Å². The van der Waals surface area contributed by atoms with Gasteiger partial charge >= 0.3 is 0 Å². The van der Waals surface area contributed by atoms with E-state index in [0.29, 0.717) is 23.8 Å². The van der Waals surface area contributed by atoms with Crippen molar-refractivity contribution >= 4 is 23.3 Å². The second-order valence-corrected chi connectivity index (χ2v) is 10.6. The van der Waals surface area contributed by atoms with Crippen LogP contribution < -0.4 is 10.5 Å². The Morgan fingerprint density at radius 2 is 2.17 bits per heavy atom. The van der Waals surface area contributed by atoms with Crippen molar-refractivity contribution in [3.63, 3.8) is 0 Å². The van der Waals surface area contributed by atoms with Crippen molar-refractivity contribution in [2.24, 2.45) is 5.41 Å². The van der Waals surface area contributed by atoms with Crippen LogP contribution in [0.1, 0.15) is 54.6 Å². The molecule has 5 rings (SSSR count). The number of anilines is 1. The van der Waals surface area contributed by atoms with Crippen molar-refractivity contribution < 1.29 is 13.9 Å². The number of piperidine rings is 1. The lowest BCUT2D eigenvalue weighted by molar-refractivity contribution is -0.132. The van der Waals surface area contributed by atoms with Crippen LogP contribution in [0.15, 0.2) is 24.4 Å². The van der Waals surface area contributed by atoms with Gasteiger partial charge in [-0.15, -0.1) is 0 Å². The molecule has 0 radical (unpaired) electrons. The Kier molecular flexibility index (Phi) is 5.99. The molecule has 1 aliphatic heterocycles. The number of halogens is 1. The normalized spacial score (nSPS) is 21.6. The smallest absolute Gasteiger partial charge is 0.230 e. The lowest BCUT2D eigenvalue weighted by atomic mass is 9.94. The van der Waals surface area contributed by atoms with Crippen LogP contribution in [0.25, 0.3) is 10.4 Å². The Morgan fingerprint density at radius 1 is 1.37 bits per heavy atom. The number of hydrogen-bond acceptors (Lipinski definition) is 7. The van der Waals surface area contributed by atoms with Crippen LogP contribution in [-0.2, 0) is 11.2 Å². The fourth-order valence-electron chi connectivity index (χ4n) is 5.44. The number of ether oxygens (including phenoxy) is 1.